The van der Waals surface area contributed by atoms with Crippen LogP contribution >= 0.6 is 0 Å². The maximum atomic E-state index is 11.9. The van der Waals surface area contributed by atoms with E-state index >= 15 is 0 Å². The van der Waals surface area contributed by atoms with Crippen LogP contribution in [-0.4, -0.2) is 14.4 Å². The summed E-state index contributed by atoms with van der Waals surface area (Å²) in [4.78, 5) is 4.55. The summed E-state index contributed by atoms with van der Waals surface area (Å²) in [6, 6.07) is 17.6. The monoisotopic (exact) mass is 398 g/mol. The van der Waals surface area contributed by atoms with Crippen LogP contribution in [0.4, 0.5) is 0 Å². The van der Waals surface area contributed by atoms with Gasteiger partial charge in [0.25, 0.3) is 0 Å². The van der Waals surface area contributed by atoms with Gasteiger partial charge in [-0.05, 0) is 57.5 Å². The first-order chi connectivity index (χ1) is 13.4. The quantitative estimate of drug-likeness (QED) is 0.583. The Morgan fingerprint density at radius 2 is 1.75 bits per heavy atom. The van der Waals surface area contributed by atoms with Gasteiger partial charge in [0, 0.05) is 16.9 Å². The van der Waals surface area contributed by atoms with Crippen LogP contribution in [0.3, 0.4) is 0 Å². The molecule has 0 aliphatic heterocycles. The van der Waals surface area contributed by atoms with Crippen LogP contribution in [-0.2, 0) is 17.6 Å². The van der Waals surface area contributed by atoms with E-state index in [9.17, 15) is 4.21 Å². The number of benzene rings is 2. The standard InChI is InChI=1S/C22H26N2O3S/c1-15(2)28(25)24-16(3)18-10-12-20(13-11-18)26-14-21-17(4)27-22(23-21)19-8-6-5-7-9-19/h5-13,15-16,24H,14H2,1-4H3/t16-,28+/m0/s1. The molecule has 0 bridgehead atoms. The van der Waals surface area contributed by atoms with Crippen LogP contribution in [0.25, 0.3) is 11.5 Å². The summed E-state index contributed by atoms with van der Waals surface area (Å²) in [5.41, 5.74) is 2.79. The summed E-state index contributed by atoms with van der Waals surface area (Å²) < 4.78 is 26.7. The third-order valence-electron chi connectivity index (χ3n) is 4.39. The molecule has 148 valence electrons. The number of nitrogens with one attached hydrogen (secondary N) is 1. The molecule has 0 saturated carbocycles. The largest absolute Gasteiger partial charge is 0.487 e. The molecule has 0 aliphatic rings. The molecule has 0 saturated heterocycles. The molecule has 6 heteroatoms. The van der Waals surface area contributed by atoms with Gasteiger partial charge in [0.15, 0.2) is 0 Å². The van der Waals surface area contributed by atoms with Crippen LogP contribution in [0.15, 0.2) is 59.0 Å². The lowest BCUT2D eigenvalue weighted by molar-refractivity contribution is 0.299. The molecular weight excluding hydrogens is 372 g/mol. The Morgan fingerprint density at radius 3 is 2.39 bits per heavy atom. The van der Waals surface area contributed by atoms with Crippen LogP contribution in [0.1, 0.15) is 43.8 Å². The average Bonchev–Trinajstić information content (AvgIpc) is 3.08. The molecule has 2 atom stereocenters. The lowest BCUT2D eigenvalue weighted by Gasteiger charge is -2.16. The Bertz CT molecular complexity index is 921. The first-order valence-electron chi connectivity index (χ1n) is 9.35. The summed E-state index contributed by atoms with van der Waals surface area (Å²) >= 11 is 0. The highest BCUT2D eigenvalue weighted by Crippen LogP contribution is 2.23. The number of nitrogens with zero attached hydrogens (tertiary/aromatic N) is 1. The summed E-state index contributed by atoms with van der Waals surface area (Å²) in [6.07, 6.45) is 0. The highest BCUT2D eigenvalue weighted by Gasteiger charge is 2.13. The van der Waals surface area contributed by atoms with E-state index in [0.29, 0.717) is 12.5 Å². The predicted molar refractivity (Wildman–Crippen MR) is 112 cm³/mol. The highest BCUT2D eigenvalue weighted by molar-refractivity contribution is 7.83. The minimum atomic E-state index is -1.05. The second-order valence-electron chi connectivity index (χ2n) is 6.93. The fourth-order valence-electron chi connectivity index (χ4n) is 2.65. The van der Waals surface area contributed by atoms with Gasteiger partial charge in [-0.25, -0.2) is 13.9 Å². The molecule has 0 aliphatic carbocycles. The maximum Gasteiger partial charge on any atom is 0.226 e. The zero-order chi connectivity index (χ0) is 20.1. The second kappa shape index (κ2) is 9.17. The van der Waals surface area contributed by atoms with Gasteiger partial charge in [-0.15, -0.1) is 0 Å². The van der Waals surface area contributed by atoms with E-state index < -0.39 is 11.0 Å². The van der Waals surface area contributed by atoms with Gasteiger partial charge < -0.3 is 9.15 Å². The average molecular weight is 399 g/mol. The van der Waals surface area contributed by atoms with E-state index in [4.69, 9.17) is 9.15 Å². The third-order valence-corrected chi connectivity index (χ3v) is 5.83. The molecule has 3 rings (SSSR count). The van der Waals surface area contributed by atoms with Crippen molar-refractivity contribution < 1.29 is 13.4 Å². The van der Waals surface area contributed by atoms with E-state index in [-0.39, 0.29) is 11.3 Å². The number of aromatic nitrogens is 1. The van der Waals surface area contributed by atoms with Crippen molar-refractivity contribution in [2.45, 2.75) is 45.6 Å². The first-order valence-corrected chi connectivity index (χ1v) is 10.6. The van der Waals surface area contributed by atoms with E-state index in [1.54, 1.807) is 0 Å². The Hall–Kier alpha value is -2.44. The van der Waals surface area contributed by atoms with E-state index in [2.05, 4.69) is 9.71 Å². The summed E-state index contributed by atoms with van der Waals surface area (Å²) in [6.45, 7) is 8.10. The van der Waals surface area contributed by atoms with Crippen LogP contribution in [0.5, 0.6) is 5.75 Å². The molecule has 28 heavy (non-hydrogen) atoms. The van der Waals surface area contributed by atoms with Gasteiger partial charge in [-0.3, -0.25) is 0 Å². The first kappa shape index (κ1) is 20.3. The van der Waals surface area contributed by atoms with Gasteiger partial charge in [-0.1, -0.05) is 30.3 Å². The van der Waals surface area contributed by atoms with Crippen molar-refractivity contribution in [1.29, 1.82) is 0 Å². The van der Waals surface area contributed by atoms with Crippen molar-refractivity contribution in [3.05, 3.63) is 71.6 Å². The number of hydrogen-bond acceptors (Lipinski definition) is 4. The molecule has 1 N–H and O–H groups in total. The molecule has 0 radical (unpaired) electrons. The minimum Gasteiger partial charge on any atom is -0.487 e. The van der Waals surface area contributed by atoms with Gasteiger partial charge in [0.1, 0.15) is 23.8 Å². The molecular formula is C22H26N2O3S. The van der Waals surface area contributed by atoms with Crippen molar-refractivity contribution in [1.82, 2.24) is 9.71 Å². The SMILES string of the molecule is Cc1oc(-c2ccccc2)nc1COc1ccc([C@H](C)N[S@](=O)C(C)C)cc1. The maximum absolute atomic E-state index is 11.9. The molecule has 0 amide bonds. The Labute approximate surface area is 168 Å². The number of oxazole rings is 1. The van der Waals surface area contributed by atoms with Gasteiger partial charge in [0.05, 0.1) is 11.0 Å². The minimum absolute atomic E-state index is 0.00324. The van der Waals surface area contributed by atoms with E-state index in [1.165, 1.54) is 0 Å². The number of rotatable bonds is 8. The second-order valence-corrected chi connectivity index (χ2v) is 8.70. The molecule has 0 spiro atoms. The van der Waals surface area contributed by atoms with E-state index in [1.807, 2.05) is 82.3 Å². The zero-order valence-corrected chi connectivity index (χ0v) is 17.5. The number of aryl methyl sites for hydroxylation is 1. The lowest BCUT2D eigenvalue weighted by atomic mass is 10.1. The Balaban J connectivity index is 1.61. The van der Waals surface area contributed by atoms with Crippen molar-refractivity contribution >= 4 is 11.0 Å². The Morgan fingerprint density at radius 1 is 1.07 bits per heavy atom. The third kappa shape index (κ3) is 5.09. The number of ether oxygens (including phenoxy) is 1. The topological polar surface area (TPSA) is 64.4 Å². The van der Waals surface area contributed by atoms with E-state index in [0.717, 1.165) is 28.3 Å². The molecule has 0 unspecified atom stereocenters. The molecule has 3 aromatic rings. The normalized spacial score (nSPS) is 13.5. The van der Waals surface area contributed by atoms with Crippen molar-refractivity contribution in [3.8, 4) is 17.2 Å². The summed E-state index contributed by atoms with van der Waals surface area (Å²) in [5, 5.41) is 0.0801. The smallest absolute Gasteiger partial charge is 0.226 e. The molecule has 2 aromatic carbocycles. The highest BCUT2D eigenvalue weighted by atomic mass is 32.2. The molecule has 1 aromatic heterocycles. The zero-order valence-electron chi connectivity index (χ0n) is 16.6. The number of hydrogen-bond donors (Lipinski definition) is 1. The fourth-order valence-corrected chi connectivity index (χ4v) is 3.41. The lowest BCUT2D eigenvalue weighted by Crippen LogP contribution is -2.26. The molecule has 0 fully saturated rings. The predicted octanol–water partition coefficient (Wildman–Crippen LogP) is 4.95. The van der Waals surface area contributed by atoms with Gasteiger partial charge >= 0.3 is 0 Å². The van der Waals surface area contributed by atoms with Crippen LogP contribution in [0, 0.1) is 6.92 Å². The van der Waals surface area contributed by atoms with Crippen molar-refractivity contribution in [2.75, 3.05) is 0 Å². The summed E-state index contributed by atoms with van der Waals surface area (Å²) in [7, 11) is -1.05. The van der Waals surface area contributed by atoms with Gasteiger partial charge in [-0.2, -0.15) is 0 Å². The molecule has 5 nitrogen and oxygen atoms in total. The molecule has 1 heterocycles. The van der Waals surface area contributed by atoms with Crippen LogP contribution in [0.2, 0.25) is 0 Å². The van der Waals surface area contributed by atoms with Crippen LogP contribution < -0.4 is 9.46 Å². The van der Waals surface area contributed by atoms with Crippen molar-refractivity contribution in [3.63, 3.8) is 0 Å². The summed E-state index contributed by atoms with van der Waals surface area (Å²) in [5.74, 6) is 2.11. The van der Waals surface area contributed by atoms with Gasteiger partial charge in [0.2, 0.25) is 5.89 Å². The fraction of sp³-hybridized carbons (Fsp3) is 0.318. The van der Waals surface area contributed by atoms with Crippen molar-refractivity contribution in [2.24, 2.45) is 0 Å². The Kier molecular flexibility index (Phi) is 6.65.